The van der Waals surface area contributed by atoms with E-state index in [1.165, 1.54) is 171 Å². The van der Waals surface area contributed by atoms with Crippen molar-refractivity contribution in [3.8, 4) is 112 Å². The van der Waals surface area contributed by atoms with Crippen molar-refractivity contribution in [2.45, 2.75) is 10.8 Å². The minimum atomic E-state index is -0.753. The molecule has 4 heteroatoms. The topological polar surface area (TPSA) is 16.3 Å². The number of aromatic nitrogens is 2. The molecular weight excluding hydrogens is 1620 g/mol. The second-order valence-corrected chi connectivity index (χ2v) is 36.2. The Labute approximate surface area is 777 Å². The van der Waals surface area contributed by atoms with E-state index in [1.807, 2.05) is 0 Å². The quantitative estimate of drug-likeness (QED) is 0.114. The van der Waals surface area contributed by atoms with E-state index >= 15 is 0 Å². The summed E-state index contributed by atoms with van der Waals surface area (Å²) in [6, 6.07) is 188. The molecule has 622 valence electrons. The number of rotatable bonds is 13. The van der Waals surface area contributed by atoms with Crippen LogP contribution in [0, 0.1) is 0 Å². The maximum absolute atomic E-state index is 2.60. The minimum Gasteiger partial charge on any atom is -0.309 e. The molecule has 4 aliphatic rings. The molecule has 0 saturated carbocycles. The van der Waals surface area contributed by atoms with E-state index in [1.54, 1.807) is 0 Å². The summed E-state index contributed by atoms with van der Waals surface area (Å²) in [6.45, 7) is 0. The zero-order valence-corrected chi connectivity index (χ0v) is 73.1. The van der Waals surface area contributed by atoms with Gasteiger partial charge in [-0.15, -0.1) is 0 Å². The lowest BCUT2D eigenvalue weighted by Crippen LogP contribution is -2.33. The molecule has 22 aromatic carbocycles. The van der Waals surface area contributed by atoms with Crippen molar-refractivity contribution in [3.63, 3.8) is 0 Å². The van der Waals surface area contributed by atoms with Crippen LogP contribution in [0.2, 0.25) is 0 Å². The molecule has 28 rings (SSSR count). The highest BCUT2D eigenvalue weighted by molar-refractivity contribution is 6.20. The molecule has 0 fully saturated rings. The third-order valence-electron chi connectivity index (χ3n) is 29.7. The molecule has 2 atom stereocenters. The van der Waals surface area contributed by atoms with Crippen LogP contribution in [-0.4, -0.2) is 9.13 Å². The lowest BCUT2D eigenvalue weighted by molar-refractivity contribution is 0.748. The Morgan fingerprint density at radius 3 is 1.10 bits per heavy atom. The van der Waals surface area contributed by atoms with Crippen LogP contribution in [-0.2, 0) is 10.8 Å². The molecule has 0 bridgehead atoms. The van der Waals surface area contributed by atoms with Gasteiger partial charge in [0.05, 0.1) is 72.7 Å². The smallest absolute Gasteiger partial charge is 0.0755 e. The number of hydrogen-bond acceptors (Lipinski definition) is 2. The van der Waals surface area contributed by atoms with Crippen molar-refractivity contribution in [3.05, 3.63) is 542 Å². The lowest BCUT2D eigenvalue weighted by Gasteiger charge is -2.39. The summed E-state index contributed by atoms with van der Waals surface area (Å²) in [4.78, 5) is 5.18. The molecule has 2 aromatic heterocycles. The standard InChI is InChI=1S/C130H82N4/c1-2-36-86(37-3-1)92-46-14-22-69-115(92)132(117-71-24-16-52-101(117)99-50-11-9-48-97(99)95-58-30-41-85-39-5-7-45-91(85)95)123-77-35-66-112-126(123)105-55-13-19-62-108(105)130(112)110-64-21-27-74-120(110)134-121-75-33-56-93(124(121)106-60-32-68-114(130)128(106)134)87-80-78-83(79-81-87)88-42-28-43-89(82-88)131(116-70-23-15-51-100(116)98-49-10-8-47-96(98)94-57-29-40-84-38-4-6-44-90(84)94)122-76-34-65-111-125(122)104-54-12-18-61-107(104)129(111)109-63-20-26-73-119(109)133-118-72-25-17-53-102(118)103-59-31-67-113(129)127(103)133/h1-82H. The summed E-state index contributed by atoms with van der Waals surface area (Å²) in [7, 11) is 0. The molecule has 2 aliphatic carbocycles. The Kier molecular flexibility index (Phi) is 16.7. The fourth-order valence-corrected chi connectivity index (χ4v) is 24.5. The van der Waals surface area contributed by atoms with Crippen molar-refractivity contribution in [1.29, 1.82) is 0 Å². The molecule has 0 saturated heterocycles. The van der Waals surface area contributed by atoms with E-state index in [4.69, 9.17) is 0 Å². The van der Waals surface area contributed by atoms with Crippen LogP contribution >= 0.6 is 0 Å². The molecule has 2 aliphatic heterocycles. The highest BCUT2D eigenvalue weighted by atomic mass is 15.2. The van der Waals surface area contributed by atoms with E-state index in [2.05, 4.69) is 516 Å². The summed E-state index contributed by atoms with van der Waals surface area (Å²) < 4.78 is 5.14. The average molecular weight is 1700 g/mol. The van der Waals surface area contributed by atoms with Gasteiger partial charge in [0.15, 0.2) is 0 Å². The van der Waals surface area contributed by atoms with Gasteiger partial charge in [-0.25, -0.2) is 0 Å². The molecule has 4 heterocycles. The SMILES string of the molecule is c1ccc(-c2ccccc2N(c2ccccc2-c2ccccc2-c2cccc3ccccc23)c2cccc3c2-c2ccccc2C32c3ccccc3-n3c4cccc(-c5ccc(-c6cccc(N(c7ccccc7-c7ccccc7-c7cccc8ccccc78)c7cccc8c7-c7ccccc7C87c8ccccc8-n8c9ccccc9c9cccc7c98)c6)cc5)c4c4cccc2c43)cc1. The fraction of sp³-hybridized carbons (Fsp3) is 0.0154. The molecule has 24 aromatic rings. The first-order valence-corrected chi connectivity index (χ1v) is 46.6. The number of benzene rings is 22. The zero-order chi connectivity index (χ0) is 87.9. The van der Waals surface area contributed by atoms with E-state index in [0.717, 1.165) is 84.2 Å². The monoisotopic (exact) mass is 1700 g/mol. The van der Waals surface area contributed by atoms with Crippen LogP contribution in [0.1, 0.15) is 44.5 Å². The van der Waals surface area contributed by atoms with Gasteiger partial charge in [0.2, 0.25) is 0 Å². The summed E-state index contributed by atoms with van der Waals surface area (Å²) in [5.74, 6) is 0. The highest BCUT2D eigenvalue weighted by Crippen LogP contribution is 2.67. The average Bonchev–Trinajstić information content (AvgIpc) is 1.49. The molecule has 0 amide bonds. The highest BCUT2D eigenvalue weighted by Gasteiger charge is 2.54. The third-order valence-corrected chi connectivity index (χ3v) is 29.7. The second-order valence-electron chi connectivity index (χ2n) is 36.2. The number of para-hydroxylation sites is 8. The third kappa shape index (κ3) is 10.6. The Morgan fingerprint density at radius 1 is 0.172 bits per heavy atom. The first-order chi connectivity index (χ1) is 66.6. The van der Waals surface area contributed by atoms with Crippen LogP contribution in [0.5, 0.6) is 0 Å². The number of anilines is 6. The molecule has 2 unspecified atom stereocenters. The molecule has 0 radical (unpaired) electrons. The molecule has 2 spiro atoms. The van der Waals surface area contributed by atoms with Gasteiger partial charge in [-0.05, 0) is 205 Å². The first-order valence-electron chi connectivity index (χ1n) is 46.6. The normalized spacial score (nSPS) is 14.5. The number of fused-ring (bicyclic) bond motifs is 26. The van der Waals surface area contributed by atoms with Gasteiger partial charge in [-0.1, -0.05) is 431 Å². The van der Waals surface area contributed by atoms with Crippen LogP contribution in [0.15, 0.2) is 497 Å². The van der Waals surface area contributed by atoms with Crippen molar-refractivity contribution < 1.29 is 0 Å². The van der Waals surface area contributed by atoms with Crippen LogP contribution in [0.4, 0.5) is 34.1 Å². The van der Waals surface area contributed by atoms with E-state index in [-0.39, 0.29) is 0 Å². The summed E-state index contributed by atoms with van der Waals surface area (Å²) in [6.07, 6.45) is 0. The van der Waals surface area contributed by atoms with Crippen LogP contribution in [0.3, 0.4) is 0 Å². The molecule has 0 N–H and O–H groups in total. The molecule has 4 nitrogen and oxygen atoms in total. The van der Waals surface area contributed by atoms with Gasteiger partial charge in [0, 0.05) is 55.0 Å². The van der Waals surface area contributed by atoms with Gasteiger partial charge in [0.1, 0.15) is 0 Å². The summed E-state index contributed by atoms with van der Waals surface area (Å²) in [5, 5.41) is 9.82. The first kappa shape index (κ1) is 75.5. The van der Waals surface area contributed by atoms with Gasteiger partial charge < -0.3 is 18.9 Å². The van der Waals surface area contributed by atoms with Crippen molar-refractivity contribution in [2.24, 2.45) is 0 Å². The minimum absolute atomic E-state index is 0.674. The maximum Gasteiger partial charge on any atom is 0.0755 e. The largest absolute Gasteiger partial charge is 0.309 e. The number of nitrogens with zero attached hydrogens (tertiary/aromatic N) is 4. The Morgan fingerprint density at radius 2 is 0.507 bits per heavy atom. The van der Waals surface area contributed by atoms with Crippen LogP contribution in [0.25, 0.3) is 177 Å². The lowest BCUT2D eigenvalue weighted by atomic mass is 9.65. The van der Waals surface area contributed by atoms with Crippen molar-refractivity contribution in [1.82, 2.24) is 9.13 Å². The van der Waals surface area contributed by atoms with E-state index in [9.17, 15) is 0 Å². The van der Waals surface area contributed by atoms with Gasteiger partial charge in [-0.3, -0.25) is 0 Å². The van der Waals surface area contributed by atoms with Gasteiger partial charge in [0.25, 0.3) is 0 Å². The molecular formula is C130H82N4. The van der Waals surface area contributed by atoms with Crippen molar-refractivity contribution >= 4 is 99.3 Å². The summed E-state index contributed by atoms with van der Waals surface area (Å²) in [5.41, 5.74) is 43.4. The maximum atomic E-state index is 2.60. The van der Waals surface area contributed by atoms with Gasteiger partial charge >= 0.3 is 0 Å². The van der Waals surface area contributed by atoms with Crippen molar-refractivity contribution in [2.75, 3.05) is 9.80 Å². The van der Waals surface area contributed by atoms with Crippen LogP contribution < -0.4 is 9.80 Å². The zero-order valence-electron chi connectivity index (χ0n) is 73.1. The summed E-state index contributed by atoms with van der Waals surface area (Å²) >= 11 is 0. The Balaban J connectivity index is 0.609. The van der Waals surface area contributed by atoms with Gasteiger partial charge in [-0.2, -0.15) is 0 Å². The predicted octanol–water partition coefficient (Wildman–Crippen LogP) is 34.1. The fourth-order valence-electron chi connectivity index (χ4n) is 24.5. The number of hydrogen-bond donors (Lipinski definition) is 0. The van der Waals surface area contributed by atoms with E-state index < -0.39 is 10.8 Å². The second kappa shape index (κ2) is 29.5. The Bertz CT molecular complexity index is 9040. The van der Waals surface area contributed by atoms with E-state index in [0.29, 0.717) is 0 Å². The Hall–Kier alpha value is -17.4. The predicted molar refractivity (Wildman–Crippen MR) is 559 cm³/mol. The molecule has 134 heavy (non-hydrogen) atoms.